The third-order valence-electron chi connectivity index (χ3n) is 3.55. The lowest BCUT2D eigenvalue weighted by atomic mass is 10.2. The molecule has 1 aliphatic rings. The van der Waals surface area contributed by atoms with Crippen LogP contribution < -0.4 is 10.6 Å². The lowest BCUT2D eigenvalue weighted by Gasteiger charge is -2.16. The molecule has 6 heteroatoms. The van der Waals surface area contributed by atoms with Crippen molar-refractivity contribution in [1.82, 2.24) is 20.8 Å². The summed E-state index contributed by atoms with van der Waals surface area (Å²) in [6.07, 6.45) is 5.82. The number of rotatable bonds is 5. The Bertz CT molecular complexity index is 435. The molecule has 1 aromatic heterocycles. The lowest BCUT2D eigenvalue weighted by molar-refractivity contribution is 0.371. The molecule has 0 amide bonds. The maximum absolute atomic E-state index is 5.21. The molecule has 1 aliphatic carbocycles. The summed E-state index contributed by atoms with van der Waals surface area (Å²) in [6, 6.07) is 0.567. The van der Waals surface area contributed by atoms with Crippen LogP contribution in [0.3, 0.4) is 0 Å². The van der Waals surface area contributed by atoms with E-state index in [-0.39, 0.29) is 0 Å². The molecule has 0 aliphatic heterocycles. The first-order chi connectivity index (χ1) is 9.69. The Morgan fingerprint density at radius 2 is 2.15 bits per heavy atom. The molecule has 2 N–H and O–H groups in total. The van der Waals surface area contributed by atoms with Gasteiger partial charge in [-0.3, -0.25) is 4.99 Å². The van der Waals surface area contributed by atoms with Gasteiger partial charge in [-0.25, -0.2) is 0 Å². The molecule has 0 spiro atoms. The molecule has 0 radical (unpaired) electrons. The van der Waals surface area contributed by atoms with Crippen molar-refractivity contribution in [3.05, 3.63) is 11.7 Å². The molecular weight excluding hydrogens is 254 g/mol. The smallest absolute Gasteiger partial charge is 0.228 e. The molecule has 1 heterocycles. The van der Waals surface area contributed by atoms with Crippen LogP contribution in [0.2, 0.25) is 0 Å². The first-order valence-electron chi connectivity index (χ1n) is 7.48. The van der Waals surface area contributed by atoms with Crippen LogP contribution in [-0.4, -0.2) is 35.7 Å². The average molecular weight is 279 g/mol. The minimum atomic E-state index is 0.303. The second-order valence-electron chi connectivity index (χ2n) is 5.58. The van der Waals surface area contributed by atoms with Crippen LogP contribution in [0.5, 0.6) is 0 Å². The largest absolute Gasteiger partial charge is 0.356 e. The van der Waals surface area contributed by atoms with Crippen LogP contribution >= 0.6 is 0 Å². The number of nitrogens with one attached hydrogen (secondary N) is 2. The fourth-order valence-corrected chi connectivity index (χ4v) is 2.35. The molecule has 0 atom stereocenters. The number of aromatic nitrogens is 2. The maximum Gasteiger partial charge on any atom is 0.228 e. The van der Waals surface area contributed by atoms with Gasteiger partial charge < -0.3 is 15.2 Å². The van der Waals surface area contributed by atoms with Crippen molar-refractivity contribution >= 4 is 5.96 Å². The Morgan fingerprint density at radius 3 is 2.75 bits per heavy atom. The molecule has 1 fully saturated rings. The van der Waals surface area contributed by atoms with Gasteiger partial charge in [0.2, 0.25) is 5.89 Å². The SMILES string of the molecule is CN=C(NCCc1nc(C(C)C)no1)NC1CCCC1. The van der Waals surface area contributed by atoms with E-state index in [9.17, 15) is 0 Å². The number of guanidine groups is 1. The first-order valence-corrected chi connectivity index (χ1v) is 7.48. The molecule has 6 nitrogen and oxygen atoms in total. The summed E-state index contributed by atoms with van der Waals surface area (Å²) in [5.41, 5.74) is 0. The zero-order valence-electron chi connectivity index (χ0n) is 12.6. The molecule has 1 saturated carbocycles. The molecule has 0 bridgehead atoms. The quantitative estimate of drug-likeness (QED) is 0.635. The van der Waals surface area contributed by atoms with Gasteiger partial charge in [0.15, 0.2) is 11.8 Å². The third kappa shape index (κ3) is 4.21. The average Bonchev–Trinajstić information content (AvgIpc) is 3.08. The van der Waals surface area contributed by atoms with Gasteiger partial charge in [0.1, 0.15) is 0 Å². The fraction of sp³-hybridized carbons (Fsp3) is 0.786. The summed E-state index contributed by atoms with van der Waals surface area (Å²) in [6.45, 7) is 4.85. The van der Waals surface area contributed by atoms with E-state index in [4.69, 9.17) is 4.52 Å². The summed E-state index contributed by atoms with van der Waals surface area (Å²) >= 11 is 0. The van der Waals surface area contributed by atoms with Crippen molar-refractivity contribution in [2.45, 2.75) is 57.9 Å². The topological polar surface area (TPSA) is 75.3 Å². The Hall–Kier alpha value is -1.59. The van der Waals surface area contributed by atoms with Crippen LogP contribution in [0.4, 0.5) is 0 Å². The first kappa shape index (κ1) is 14.8. The van der Waals surface area contributed by atoms with Crippen LogP contribution in [-0.2, 0) is 6.42 Å². The summed E-state index contributed by atoms with van der Waals surface area (Å²) in [7, 11) is 1.80. The van der Waals surface area contributed by atoms with E-state index < -0.39 is 0 Å². The summed E-state index contributed by atoms with van der Waals surface area (Å²) in [5, 5.41) is 10.7. The summed E-state index contributed by atoms with van der Waals surface area (Å²) in [5.74, 6) is 2.61. The molecule has 1 aromatic rings. The maximum atomic E-state index is 5.21. The van der Waals surface area contributed by atoms with E-state index >= 15 is 0 Å². The van der Waals surface area contributed by atoms with Crippen molar-refractivity contribution in [2.75, 3.05) is 13.6 Å². The van der Waals surface area contributed by atoms with Crippen LogP contribution in [0, 0.1) is 0 Å². The second kappa shape index (κ2) is 7.26. The third-order valence-corrected chi connectivity index (χ3v) is 3.55. The standard InChI is InChI=1S/C14H25N5O/c1-10(2)13-18-12(20-19-13)8-9-16-14(15-3)17-11-6-4-5-7-11/h10-11H,4-9H2,1-3H3,(H2,15,16,17). The van der Waals surface area contributed by atoms with Gasteiger partial charge in [-0.15, -0.1) is 0 Å². The Morgan fingerprint density at radius 1 is 1.40 bits per heavy atom. The van der Waals surface area contributed by atoms with Gasteiger partial charge in [-0.2, -0.15) is 4.98 Å². The fourth-order valence-electron chi connectivity index (χ4n) is 2.35. The van der Waals surface area contributed by atoms with Gasteiger partial charge in [-0.1, -0.05) is 31.8 Å². The highest BCUT2D eigenvalue weighted by Crippen LogP contribution is 2.17. The minimum absolute atomic E-state index is 0.303. The second-order valence-corrected chi connectivity index (χ2v) is 5.58. The van der Waals surface area contributed by atoms with E-state index in [0.29, 0.717) is 24.3 Å². The molecule has 20 heavy (non-hydrogen) atoms. The van der Waals surface area contributed by atoms with E-state index in [0.717, 1.165) is 18.3 Å². The van der Waals surface area contributed by atoms with Gasteiger partial charge >= 0.3 is 0 Å². The lowest BCUT2D eigenvalue weighted by Crippen LogP contribution is -2.43. The summed E-state index contributed by atoms with van der Waals surface area (Å²) < 4.78 is 5.21. The molecule has 0 aromatic carbocycles. The van der Waals surface area contributed by atoms with Crippen molar-refractivity contribution in [3.8, 4) is 0 Å². The van der Waals surface area contributed by atoms with Gasteiger partial charge in [0, 0.05) is 32.0 Å². The zero-order valence-corrected chi connectivity index (χ0v) is 12.6. The predicted molar refractivity (Wildman–Crippen MR) is 78.8 cm³/mol. The Labute approximate surface area is 120 Å². The molecule has 0 saturated heterocycles. The van der Waals surface area contributed by atoms with Crippen LogP contribution in [0.1, 0.15) is 57.2 Å². The van der Waals surface area contributed by atoms with Crippen molar-refractivity contribution < 1.29 is 4.52 Å². The molecule has 0 unspecified atom stereocenters. The van der Waals surface area contributed by atoms with Crippen LogP contribution in [0.15, 0.2) is 9.52 Å². The van der Waals surface area contributed by atoms with E-state index in [1.807, 2.05) is 0 Å². The highest BCUT2D eigenvalue weighted by molar-refractivity contribution is 5.79. The highest BCUT2D eigenvalue weighted by atomic mass is 16.5. The number of nitrogens with zero attached hydrogens (tertiary/aromatic N) is 3. The van der Waals surface area contributed by atoms with Crippen molar-refractivity contribution in [3.63, 3.8) is 0 Å². The molecule has 112 valence electrons. The van der Waals surface area contributed by atoms with Gasteiger partial charge in [-0.05, 0) is 12.8 Å². The monoisotopic (exact) mass is 279 g/mol. The Balaban J connectivity index is 1.72. The predicted octanol–water partition coefficient (Wildman–Crippen LogP) is 1.84. The van der Waals surface area contributed by atoms with E-state index in [1.165, 1.54) is 25.7 Å². The van der Waals surface area contributed by atoms with Crippen molar-refractivity contribution in [2.24, 2.45) is 4.99 Å². The molecule has 2 rings (SSSR count). The van der Waals surface area contributed by atoms with E-state index in [2.05, 4.69) is 39.6 Å². The number of hydrogen-bond donors (Lipinski definition) is 2. The molecular formula is C14H25N5O. The zero-order chi connectivity index (χ0) is 14.4. The van der Waals surface area contributed by atoms with Gasteiger partial charge in [0.05, 0.1) is 0 Å². The Kier molecular flexibility index (Phi) is 5.38. The van der Waals surface area contributed by atoms with E-state index in [1.54, 1.807) is 7.05 Å². The van der Waals surface area contributed by atoms with Crippen LogP contribution in [0.25, 0.3) is 0 Å². The number of aliphatic imine (C=N–C) groups is 1. The summed E-state index contributed by atoms with van der Waals surface area (Å²) in [4.78, 5) is 8.60. The number of hydrogen-bond acceptors (Lipinski definition) is 4. The highest BCUT2D eigenvalue weighted by Gasteiger charge is 2.16. The van der Waals surface area contributed by atoms with Gasteiger partial charge in [0.25, 0.3) is 0 Å². The van der Waals surface area contributed by atoms with Crippen molar-refractivity contribution in [1.29, 1.82) is 0 Å². The normalized spacial score (nSPS) is 16.9. The minimum Gasteiger partial charge on any atom is -0.356 e.